The van der Waals surface area contributed by atoms with Gasteiger partial charge in [0.2, 0.25) is 0 Å². The van der Waals surface area contributed by atoms with Gasteiger partial charge in [0.25, 0.3) is 5.91 Å². The summed E-state index contributed by atoms with van der Waals surface area (Å²) >= 11 is 0. The summed E-state index contributed by atoms with van der Waals surface area (Å²) in [4.78, 5) is 12.5. The Hall–Kier alpha value is -2.88. The molecule has 0 aliphatic rings. The molecule has 2 aromatic carbocycles. The zero-order valence-electron chi connectivity index (χ0n) is 16.5. The molecule has 1 aromatic heterocycles. The van der Waals surface area contributed by atoms with Crippen molar-refractivity contribution in [2.75, 3.05) is 0 Å². The van der Waals surface area contributed by atoms with Crippen molar-refractivity contribution in [3.63, 3.8) is 0 Å². The number of aromatic nitrogens is 2. The van der Waals surface area contributed by atoms with Gasteiger partial charge in [-0.05, 0) is 62.1 Å². The first-order valence-electron chi connectivity index (χ1n) is 9.46. The highest BCUT2D eigenvalue weighted by molar-refractivity contribution is 5.94. The molecule has 1 N–H and O–H groups in total. The third kappa shape index (κ3) is 4.64. The van der Waals surface area contributed by atoms with Crippen LogP contribution in [0.15, 0.2) is 54.6 Å². The van der Waals surface area contributed by atoms with Crippen LogP contribution < -0.4 is 5.32 Å². The van der Waals surface area contributed by atoms with Crippen LogP contribution in [0, 0.1) is 13.8 Å². The predicted molar refractivity (Wildman–Crippen MR) is 109 cm³/mol. The van der Waals surface area contributed by atoms with E-state index in [0.29, 0.717) is 12.1 Å². The molecular weight excluding hydrogens is 334 g/mol. The largest absolute Gasteiger partial charge is 0.346 e. The van der Waals surface area contributed by atoms with Crippen LogP contribution in [0.4, 0.5) is 0 Å². The van der Waals surface area contributed by atoms with Gasteiger partial charge in [-0.2, -0.15) is 5.10 Å². The maximum Gasteiger partial charge on any atom is 0.251 e. The standard InChI is InChI=1S/C23H27N3O/c1-5-19-6-10-21(11-7-19)18(4)24-23(27)22-12-8-20(9-13-22)15-26-17(3)14-16(2)25-26/h6-14,18H,5,15H2,1-4H3,(H,24,27)/t18-/m1/s1. The number of carbonyl (C=O) groups excluding carboxylic acids is 1. The molecule has 0 fully saturated rings. The molecule has 1 heterocycles. The van der Waals surface area contributed by atoms with Crippen LogP contribution in [0.25, 0.3) is 0 Å². The molecule has 4 nitrogen and oxygen atoms in total. The number of carbonyl (C=O) groups is 1. The number of hydrogen-bond donors (Lipinski definition) is 1. The summed E-state index contributed by atoms with van der Waals surface area (Å²) in [6.07, 6.45) is 1.02. The summed E-state index contributed by atoms with van der Waals surface area (Å²) in [5.74, 6) is -0.0558. The van der Waals surface area contributed by atoms with Crippen LogP contribution in [-0.2, 0) is 13.0 Å². The first-order valence-corrected chi connectivity index (χ1v) is 9.46. The van der Waals surface area contributed by atoms with Crippen molar-refractivity contribution in [3.8, 4) is 0 Å². The van der Waals surface area contributed by atoms with Gasteiger partial charge in [0.05, 0.1) is 18.3 Å². The summed E-state index contributed by atoms with van der Waals surface area (Å²) in [6.45, 7) is 8.90. The van der Waals surface area contributed by atoms with E-state index < -0.39 is 0 Å². The quantitative estimate of drug-likeness (QED) is 0.697. The monoisotopic (exact) mass is 361 g/mol. The Kier molecular flexibility index (Phi) is 5.75. The summed E-state index contributed by atoms with van der Waals surface area (Å²) < 4.78 is 1.98. The van der Waals surface area contributed by atoms with E-state index in [1.807, 2.05) is 42.8 Å². The van der Waals surface area contributed by atoms with E-state index in [9.17, 15) is 4.79 Å². The number of benzene rings is 2. The molecule has 1 amide bonds. The first-order chi connectivity index (χ1) is 13.0. The molecule has 140 valence electrons. The smallest absolute Gasteiger partial charge is 0.251 e. The average molecular weight is 361 g/mol. The zero-order chi connectivity index (χ0) is 19.4. The minimum atomic E-state index is -0.0558. The number of nitrogens with one attached hydrogen (secondary N) is 1. The second-order valence-corrected chi connectivity index (χ2v) is 7.07. The van der Waals surface area contributed by atoms with Gasteiger partial charge in [-0.25, -0.2) is 0 Å². The van der Waals surface area contributed by atoms with Crippen LogP contribution in [0.5, 0.6) is 0 Å². The van der Waals surface area contributed by atoms with Crippen LogP contribution in [0.3, 0.4) is 0 Å². The van der Waals surface area contributed by atoms with Crippen molar-refractivity contribution in [3.05, 3.63) is 88.2 Å². The predicted octanol–water partition coefficient (Wildman–Crippen LogP) is 4.60. The Balaban J connectivity index is 1.63. The lowest BCUT2D eigenvalue weighted by Gasteiger charge is -2.15. The molecule has 0 aliphatic carbocycles. The van der Waals surface area contributed by atoms with Gasteiger partial charge in [0.15, 0.2) is 0 Å². The van der Waals surface area contributed by atoms with E-state index in [-0.39, 0.29) is 11.9 Å². The fourth-order valence-corrected chi connectivity index (χ4v) is 3.17. The third-order valence-corrected chi connectivity index (χ3v) is 4.89. The normalized spacial score (nSPS) is 12.0. The fourth-order valence-electron chi connectivity index (χ4n) is 3.17. The van der Waals surface area contributed by atoms with Crippen molar-refractivity contribution >= 4 is 5.91 Å². The van der Waals surface area contributed by atoms with E-state index in [0.717, 1.165) is 28.9 Å². The third-order valence-electron chi connectivity index (χ3n) is 4.89. The number of hydrogen-bond acceptors (Lipinski definition) is 2. The topological polar surface area (TPSA) is 46.9 Å². The minimum Gasteiger partial charge on any atom is -0.346 e. The van der Waals surface area contributed by atoms with E-state index in [4.69, 9.17) is 0 Å². The minimum absolute atomic E-state index is 0.0298. The highest BCUT2D eigenvalue weighted by atomic mass is 16.1. The summed E-state index contributed by atoms with van der Waals surface area (Å²) in [7, 11) is 0. The van der Waals surface area contributed by atoms with Crippen molar-refractivity contribution in [2.24, 2.45) is 0 Å². The molecule has 3 aromatic rings. The zero-order valence-corrected chi connectivity index (χ0v) is 16.5. The Labute approximate surface area is 161 Å². The lowest BCUT2D eigenvalue weighted by atomic mass is 10.0. The SMILES string of the molecule is CCc1ccc([C@@H](C)NC(=O)c2ccc(Cn3nc(C)cc3C)cc2)cc1. The van der Waals surface area contributed by atoms with Crippen LogP contribution >= 0.6 is 0 Å². The van der Waals surface area contributed by atoms with E-state index in [2.05, 4.69) is 54.6 Å². The maximum atomic E-state index is 12.5. The number of aryl methyl sites for hydroxylation is 3. The molecule has 27 heavy (non-hydrogen) atoms. The van der Waals surface area contributed by atoms with Gasteiger partial charge in [-0.3, -0.25) is 9.48 Å². The van der Waals surface area contributed by atoms with E-state index >= 15 is 0 Å². The molecule has 0 unspecified atom stereocenters. The molecule has 4 heteroatoms. The van der Waals surface area contributed by atoms with Crippen molar-refractivity contribution in [1.82, 2.24) is 15.1 Å². The van der Waals surface area contributed by atoms with Gasteiger partial charge in [0, 0.05) is 11.3 Å². The second kappa shape index (κ2) is 8.21. The Morgan fingerprint density at radius 1 is 1.04 bits per heavy atom. The van der Waals surface area contributed by atoms with E-state index in [1.165, 1.54) is 5.56 Å². The van der Waals surface area contributed by atoms with Crippen molar-refractivity contribution < 1.29 is 4.79 Å². The fraction of sp³-hybridized carbons (Fsp3) is 0.304. The van der Waals surface area contributed by atoms with Crippen LogP contribution in [0.1, 0.15) is 58.3 Å². The Bertz CT molecular complexity index is 908. The maximum absolute atomic E-state index is 12.5. The molecule has 3 rings (SSSR count). The molecular formula is C23H27N3O. The lowest BCUT2D eigenvalue weighted by Crippen LogP contribution is -2.26. The van der Waals surface area contributed by atoms with Gasteiger partial charge in [-0.1, -0.05) is 43.3 Å². The lowest BCUT2D eigenvalue weighted by molar-refractivity contribution is 0.0940. The molecule has 1 atom stereocenters. The van der Waals surface area contributed by atoms with Gasteiger partial charge in [0.1, 0.15) is 0 Å². The molecule has 0 radical (unpaired) electrons. The summed E-state index contributed by atoms with van der Waals surface area (Å²) in [5, 5.41) is 7.56. The van der Waals surface area contributed by atoms with Crippen LogP contribution in [-0.4, -0.2) is 15.7 Å². The summed E-state index contributed by atoms with van der Waals surface area (Å²) in [6, 6.07) is 18.2. The highest BCUT2D eigenvalue weighted by Gasteiger charge is 2.12. The Morgan fingerprint density at radius 3 is 2.22 bits per heavy atom. The van der Waals surface area contributed by atoms with Gasteiger partial charge in [-0.15, -0.1) is 0 Å². The van der Waals surface area contributed by atoms with Gasteiger partial charge >= 0.3 is 0 Å². The van der Waals surface area contributed by atoms with Gasteiger partial charge < -0.3 is 5.32 Å². The molecule has 0 aliphatic heterocycles. The van der Waals surface area contributed by atoms with Crippen molar-refractivity contribution in [1.29, 1.82) is 0 Å². The number of amides is 1. The molecule has 0 saturated carbocycles. The summed E-state index contributed by atoms with van der Waals surface area (Å²) in [5.41, 5.74) is 6.36. The first kappa shape index (κ1) is 18.9. The molecule has 0 saturated heterocycles. The van der Waals surface area contributed by atoms with Crippen LogP contribution in [0.2, 0.25) is 0 Å². The number of nitrogens with zero attached hydrogens (tertiary/aromatic N) is 2. The number of rotatable bonds is 6. The highest BCUT2D eigenvalue weighted by Crippen LogP contribution is 2.15. The van der Waals surface area contributed by atoms with E-state index in [1.54, 1.807) is 0 Å². The molecule has 0 bridgehead atoms. The van der Waals surface area contributed by atoms with Crippen molar-refractivity contribution in [2.45, 2.75) is 46.7 Å². The average Bonchev–Trinajstić information content (AvgIpc) is 2.99. The Morgan fingerprint density at radius 2 is 1.67 bits per heavy atom. The second-order valence-electron chi connectivity index (χ2n) is 7.07. The molecule has 0 spiro atoms.